The smallest absolute Gasteiger partial charge is 0.356 e. The van der Waals surface area contributed by atoms with Gasteiger partial charge in [-0.15, -0.1) is 11.3 Å². The predicted molar refractivity (Wildman–Crippen MR) is 70.4 cm³/mol. The van der Waals surface area contributed by atoms with Crippen LogP contribution >= 0.6 is 11.3 Å². The Kier molecular flexibility index (Phi) is 3.86. The highest BCUT2D eigenvalue weighted by Crippen LogP contribution is 2.13. The Morgan fingerprint density at radius 2 is 2.26 bits per heavy atom. The van der Waals surface area contributed by atoms with Crippen molar-refractivity contribution in [1.29, 1.82) is 0 Å². The first-order valence-electron chi connectivity index (χ1n) is 5.45. The second-order valence-corrected chi connectivity index (χ2v) is 4.85. The Hall–Kier alpha value is -2.28. The first-order chi connectivity index (χ1) is 9.06. The summed E-state index contributed by atoms with van der Waals surface area (Å²) >= 11 is 1.46. The average molecular weight is 277 g/mol. The Balaban J connectivity index is 2.09. The number of carbonyl (C=O) groups is 2. The number of thiazole rings is 1. The predicted octanol–water partition coefficient (Wildman–Crippen LogP) is 1.73. The van der Waals surface area contributed by atoms with Crippen LogP contribution in [0.4, 0.5) is 5.69 Å². The summed E-state index contributed by atoms with van der Waals surface area (Å²) < 4.78 is 0. The van der Waals surface area contributed by atoms with Crippen LogP contribution in [0.2, 0.25) is 0 Å². The number of carboxylic acid groups (broad SMARTS) is 1. The van der Waals surface area contributed by atoms with Gasteiger partial charge >= 0.3 is 5.97 Å². The molecule has 1 amide bonds. The molecule has 0 aliphatic rings. The van der Waals surface area contributed by atoms with Crippen molar-refractivity contribution in [3.63, 3.8) is 0 Å². The maximum Gasteiger partial charge on any atom is 0.356 e. The van der Waals surface area contributed by atoms with Crippen molar-refractivity contribution in [2.45, 2.75) is 13.3 Å². The van der Waals surface area contributed by atoms with Crippen LogP contribution in [0.1, 0.15) is 21.2 Å². The van der Waals surface area contributed by atoms with E-state index in [1.165, 1.54) is 23.6 Å². The molecule has 0 saturated heterocycles. The molecule has 2 heterocycles. The lowest BCUT2D eigenvalue weighted by atomic mass is 10.2. The first-order valence-corrected chi connectivity index (χ1v) is 6.33. The molecular formula is C12H11N3O3S. The number of aryl methyl sites for hydroxylation is 1. The van der Waals surface area contributed by atoms with Gasteiger partial charge in [-0.2, -0.15) is 0 Å². The second kappa shape index (κ2) is 5.57. The summed E-state index contributed by atoms with van der Waals surface area (Å²) in [6, 6.07) is 3.07. The number of carboxylic acids is 1. The lowest BCUT2D eigenvalue weighted by Crippen LogP contribution is -2.17. The van der Waals surface area contributed by atoms with Crippen LogP contribution in [0.25, 0.3) is 0 Å². The highest BCUT2D eigenvalue weighted by Gasteiger charge is 2.14. The van der Waals surface area contributed by atoms with Gasteiger partial charge in [-0.25, -0.2) is 14.8 Å². The fraction of sp³-hybridized carbons (Fsp3) is 0.167. The molecule has 0 atom stereocenters. The number of aromatic carboxylic acids is 1. The Bertz CT molecular complexity index is 624. The van der Waals surface area contributed by atoms with Crippen LogP contribution in [-0.2, 0) is 11.2 Å². The van der Waals surface area contributed by atoms with Crippen LogP contribution in [0.3, 0.4) is 0 Å². The number of amides is 1. The van der Waals surface area contributed by atoms with Gasteiger partial charge in [0, 0.05) is 11.6 Å². The maximum absolute atomic E-state index is 11.8. The molecule has 0 saturated carbocycles. The number of anilines is 1. The summed E-state index contributed by atoms with van der Waals surface area (Å²) in [5.74, 6) is -1.50. The number of pyridine rings is 1. The van der Waals surface area contributed by atoms with Crippen LogP contribution in [0.5, 0.6) is 0 Å². The van der Waals surface area contributed by atoms with E-state index in [0.717, 1.165) is 5.01 Å². The molecule has 6 nitrogen and oxygen atoms in total. The van der Waals surface area contributed by atoms with Gasteiger partial charge in [0.25, 0.3) is 0 Å². The third-order valence-corrected chi connectivity index (χ3v) is 3.11. The normalized spacial score (nSPS) is 10.2. The number of rotatable bonds is 4. The van der Waals surface area contributed by atoms with Crippen molar-refractivity contribution in [3.8, 4) is 0 Å². The molecule has 0 fully saturated rings. The molecule has 0 aliphatic heterocycles. The highest BCUT2D eigenvalue weighted by molar-refractivity contribution is 7.09. The van der Waals surface area contributed by atoms with Crippen LogP contribution in [-0.4, -0.2) is 27.0 Å². The van der Waals surface area contributed by atoms with Gasteiger partial charge in [-0.05, 0) is 19.1 Å². The van der Waals surface area contributed by atoms with Gasteiger partial charge in [0.1, 0.15) is 0 Å². The van der Waals surface area contributed by atoms with Crippen molar-refractivity contribution in [2.24, 2.45) is 0 Å². The zero-order valence-electron chi connectivity index (χ0n) is 10.1. The molecule has 2 rings (SSSR count). The van der Waals surface area contributed by atoms with E-state index in [1.54, 1.807) is 11.4 Å². The summed E-state index contributed by atoms with van der Waals surface area (Å²) in [5.41, 5.74) is 0.679. The Morgan fingerprint density at radius 1 is 1.47 bits per heavy atom. The van der Waals surface area contributed by atoms with E-state index in [4.69, 9.17) is 5.11 Å². The fourth-order valence-corrected chi connectivity index (χ4v) is 2.14. The molecule has 0 bridgehead atoms. The minimum atomic E-state index is -1.18. The molecule has 0 spiro atoms. The number of nitrogens with one attached hydrogen (secondary N) is 1. The van der Waals surface area contributed by atoms with Gasteiger partial charge in [-0.1, -0.05) is 0 Å². The summed E-state index contributed by atoms with van der Waals surface area (Å²) in [4.78, 5) is 30.6. The van der Waals surface area contributed by atoms with Crippen molar-refractivity contribution in [1.82, 2.24) is 9.97 Å². The van der Waals surface area contributed by atoms with E-state index in [0.29, 0.717) is 5.69 Å². The van der Waals surface area contributed by atoms with Crippen molar-refractivity contribution in [3.05, 3.63) is 40.1 Å². The number of hydrogen-bond acceptors (Lipinski definition) is 5. The minimum Gasteiger partial charge on any atom is -0.476 e. The molecule has 0 aromatic carbocycles. The van der Waals surface area contributed by atoms with Gasteiger partial charge in [0.2, 0.25) is 5.91 Å². The monoisotopic (exact) mass is 277 g/mol. The van der Waals surface area contributed by atoms with Crippen molar-refractivity contribution < 1.29 is 14.7 Å². The maximum atomic E-state index is 11.8. The van der Waals surface area contributed by atoms with Crippen molar-refractivity contribution >= 4 is 28.9 Å². The minimum absolute atomic E-state index is 0.109. The second-order valence-electron chi connectivity index (χ2n) is 3.79. The zero-order valence-corrected chi connectivity index (χ0v) is 10.9. The zero-order chi connectivity index (χ0) is 13.8. The number of carbonyl (C=O) groups excluding carboxylic acids is 1. The van der Waals surface area contributed by atoms with E-state index < -0.39 is 5.97 Å². The summed E-state index contributed by atoms with van der Waals surface area (Å²) in [5, 5.41) is 14.2. The van der Waals surface area contributed by atoms with E-state index >= 15 is 0 Å². The Morgan fingerprint density at radius 3 is 2.89 bits per heavy atom. The number of aromatic nitrogens is 2. The third kappa shape index (κ3) is 3.35. The molecule has 0 aliphatic carbocycles. The van der Waals surface area contributed by atoms with E-state index in [2.05, 4.69) is 15.3 Å². The third-order valence-electron chi connectivity index (χ3n) is 2.29. The van der Waals surface area contributed by atoms with Crippen LogP contribution < -0.4 is 5.32 Å². The summed E-state index contributed by atoms with van der Waals surface area (Å²) in [7, 11) is 0. The molecule has 2 aromatic heterocycles. The molecule has 2 aromatic rings. The van der Waals surface area contributed by atoms with E-state index in [-0.39, 0.29) is 23.7 Å². The lowest BCUT2D eigenvalue weighted by molar-refractivity contribution is -0.115. The highest BCUT2D eigenvalue weighted by atomic mass is 32.1. The Labute approximate surface area is 113 Å². The largest absolute Gasteiger partial charge is 0.476 e. The summed E-state index contributed by atoms with van der Waals surface area (Å²) in [6.07, 6.45) is 1.47. The average Bonchev–Trinajstić information content (AvgIpc) is 2.75. The van der Waals surface area contributed by atoms with Gasteiger partial charge in [0.05, 0.1) is 22.8 Å². The van der Waals surface area contributed by atoms with Crippen LogP contribution in [0, 0.1) is 6.92 Å². The molecule has 7 heteroatoms. The molecule has 0 radical (unpaired) electrons. The first kappa shape index (κ1) is 13.2. The van der Waals surface area contributed by atoms with Gasteiger partial charge < -0.3 is 10.4 Å². The van der Waals surface area contributed by atoms with E-state index in [9.17, 15) is 9.59 Å². The SMILES string of the molecule is Cc1nc(CC(=O)Nc2cccnc2C(=O)O)cs1. The number of nitrogens with zero attached hydrogens (tertiary/aromatic N) is 2. The molecule has 19 heavy (non-hydrogen) atoms. The topological polar surface area (TPSA) is 92.2 Å². The van der Waals surface area contributed by atoms with E-state index in [1.807, 2.05) is 6.92 Å². The molecular weight excluding hydrogens is 266 g/mol. The number of hydrogen-bond donors (Lipinski definition) is 2. The quantitative estimate of drug-likeness (QED) is 0.887. The van der Waals surface area contributed by atoms with Crippen LogP contribution in [0.15, 0.2) is 23.7 Å². The molecule has 98 valence electrons. The molecule has 2 N–H and O–H groups in total. The lowest BCUT2D eigenvalue weighted by Gasteiger charge is -2.06. The summed E-state index contributed by atoms with van der Waals surface area (Å²) in [6.45, 7) is 1.86. The van der Waals surface area contributed by atoms with Gasteiger partial charge in [0.15, 0.2) is 5.69 Å². The molecule has 0 unspecified atom stereocenters. The fourth-order valence-electron chi connectivity index (χ4n) is 1.52. The van der Waals surface area contributed by atoms with Gasteiger partial charge in [-0.3, -0.25) is 4.79 Å². The van der Waals surface area contributed by atoms with Crippen molar-refractivity contribution in [2.75, 3.05) is 5.32 Å². The standard InChI is InChI=1S/C12H11N3O3S/c1-7-14-8(6-19-7)5-10(16)15-9-3-2-4-13-11(9)12(17)18/h2-4,6H,5H2,1H3,(H,15,16)(H,17,18).